The zero-order chi connectivity index (χ0) is 12.5. The molecule has 2 aliphatic rings. The fraction of sp³-hybridized carbons (Fsp3) is 0.500. The molecule has 1 aromatic carbocycles. The van der Waals surface area contributed by atoms with Crippen molar-refractivity contribution in [2.45, 2.75) is 32.0 Å². The van der Waals surface area contributed by atoms with Crippen molar-refractivity contribution in [3.63, 3.8) is 0 Å². The number of benzene rings is 1. The van der Waals surface area contributed by atoms with Crippen molar-refractivity contribution in [1.82, 2.24) is 10.6 Å². The van der Waals surface area contributed by atoms with Gasteiger partial charge in [0, 0.05) is 25.2 Å². The van der Waals surface area contributed by atoms with Crippen LogP contribution in [0.1, 0.15) is 34.3 Å². The van der Waals surface area contributed by atoms with E-state index in [0.717, 1.165) is 31.5 Å². The van der Waals surface area contributed by atoms with Gasteiger partial charge in [0.05, 0.1) is 6.10 Å². The first kappa shape index (κ1) is 11.7. The topological polar surface area (TPSA) is 61.4 Å². The second-order valence-electron chi connectivity index (χ2n) is 5.29. The Bertz CT molecular complexity index is 467. The molecule has 3 rings (SSSR count). The highest BCUT2D eigenvalue weighted by molar-refractivity contribution is 5.94. The lowest BCUT2D eigenvalue weighted by Gasteiger charge is -2.31. The summed E-state index contributed by atoms with van der Waals surface area (Å²) in [5.74, 6) is 0.436. The normalized spacial score (nSPS) is 25.4. The SMILES string of the molecule is O=C(NCC1CC(O)C1)c1ccc2c(c1)CNC2. The lowest BCUT2D eigenvalue weighted by Crippen LogP contribution is -2.38. The molecule has 4 nitrogen and oxygen atoms in total. The number of carbonyl (C=O) groups excluding carboxylic acids is 1. The van der Waals surface area contributed by atoms with Gasteiger partial charge < -0.3 is 15.7 Å². The summed E-state index contributed by atoms with van der Waals surface area (Å²) in [5, 5.41) is 15.4. The molecule has 0 radical (unpaired) electrons. The van der Waals surface area contributed by atoms with Gasteiger partial charge in [0.1, 0.15) is 0 Å². The number of aliphatic hydroxyl groups is 1. The van der Waals surface area contributed by atoms with Gasteiger partial charge in [0.15, 0.2) is 0 Å². The van der Waals surface area contributed by atoms with Crippen molar-refractivity contribution in [3.05, 3.63) is 34.9 Å². The van der Waals surface area contributed by atoms with E-state index in [1.807, 2.05) is 18.2 Å². The molecule has 18 heavy (non-hydrogen) atoms. The van der Waals surface area contributed by atoms with Crippen LogP contribution in [0, 0.1) is 5.92 Å². The summed E-state index contributed by atoms with van der Waals surface area (Å²) in [6.07, 6.45) is 1.47. The van der Waals surface area contributed by atoms with Gasteiger partial charge >= 0.3 is 0 Å². The van der Waals surface area contributed by atoms with Crippen molar-refractivity contribution >= 4 is 5.91 Å². The molecular formula is C14H18N2O2. The second-order valence-corrected chi connectivity index (χ2v) is 5.29. The van der Waals surface area contributed by atoms with Crippen LogP contribution in [0.4, 0.5) is 0 Å². The number of carbonyl (C=O) groups is 1. The van der Waals surface area contributed by atoms with E-state index in [1.54, 1.807) is 0 Å². The predicted molar refractivity (Wildman–Crippen MR) is 68.0 cm³/mol. The first-order valence-electron chi connectivity index (χ1n) is 6.51. The van der Waals surface area contributed by atoms with E-state index in [-0.39, 0.29) is 12.0 Å². The summed E-state index contributed by atoms with van der Waals surface area (Å²) in [6.45, 7) is 2.42. The van der Waals surface area contributed by atoms with Crippen molar-refractivity contribution < 1.29 is 9.90 Å². The van der Waals surface area contributed by atoms with Crippen LogP contribution in [-0.4, -0.2) is 23.7 Å². The summed E-state index contributed by atoms with van der Waals surface area (Å²) < 4.78 is 0. The minimum Gasteiger partial charge on any atom is -0.393 e. The Labute approximate surface area is 106 Å². The fourth-order valence-electron chi connectivity index (χ4n) is 2.64. The lowest BCUT2D eigenvalue weighted by molar-refractivity contribution is 0.0420. The molecule has 0 aromatic heterocycles. The highest BCUT2D eigenvalue weighted by Gasteiger charge is 2.27. The Morgan fingerprint density at radius 2 is 2.11 bits per heavy atom. The maximum absolute atomic E-state index is 12.0. The van der Waals surface area contributed by atoms with Gasteiger partial charge in [-0.1, -0.05) is 6.07 Å². The molecule has 0 bridgehead atoms. The Morgan fingerprint density at radius 1 is 1.33 bits per heavy atom. The van der Waals surface area contributed by atoms with Gasteiger partial charge in [-0.05, 0) is 42.0 Å². The van der Waals surface area contributed by atoms with Crippen LogP contribution in [0.2, 0.25) is 0 Å². The minimum atomic E-state index is -0.155. The molecule has 1 fully saturated rings. The molecule has 1 aliphatic heterocycles. The zero-order valence-corrected chi connectivity index (χ0v) is 10.3. The molecule has 1 amide bonds. The molecule has 1 aromatic rings. The second kappa shape index (κ2) is 4.71. The average molecular weight is 246 g/mol. The quantitative estimate of drug-likeness (QED) is 0.739. The lowest BCUT2D eigenvalue weighted by atomic mass is 9.82. The van der Waals surface area contributed by atoms with Crippen LogP contribution in [0.5, 0.6) is 0 Å². The Balaban J connectivity index is 1.58. The van der Waals surface area contributed by atoms with Gasteiger partial charge in [-0.25, -0.2) is 0 Å². The first-order valence-corrected chi connectivity index (χ1v) is 6.51. The summed E-state index contributed by atoms with van der Waals surface area (Å²) in [6, 6.07) is 5.88. The van der Waals surface area contributed by atoms with Crippen molar-refractivity contribution in [1.29, 1.82) is 0 Å². The average Bonchev–Trinajstić information content (AvgIpc) is 2.79. The third-order valence-corrected chi connectivity index (χ3v) is 3.86. The molecule has 0 spiro atoms. The molecule has 4 heteroatoms. The Morgan fingerprint density at radius 3 is 2.89 bits per heavy atom. The van der Waals surface area contributed by atoms with Gasteiger partial charge in [0.2, 0.25) is 0 Å². The summed E-state index contributed by atoms with van der Waals surface area (Å²) in [4.78, 5) is 12.0. The molecule has 1 heterocycles. The van der Waals surface area contributed by atoms with E-state index < -0.39 is 0 Å². The van der Waals surface area contributed by atoms with E-state index in [4.69, 9.17) is 0 Å². The Kier molecular flexibility index (Phi) is 3.06. The zero-order valence-electron chi connectivity index (χ0n) is 10.3. The number of hydrogen-bond donors (Lipinski definition) is 3. The minimum absolute atomic E-state index is 0.00825. The number of aliphatic hydroxyl groups excluding tert-OH is 1. The highest BCUT2D eigenvalue weighted by atomic mass is 16.3. The maximum Gasteiger partial charge on any atom is 0.251 e. The fourth-order valence-corrected chi connectivity index (χ4v) is 2.64. The summed E-state index contributed by atoms with van der Waals surface area (Å²) in [5.41, 5.74) is 3.24. The standard InChI is InChI=1S/C14H18N2O2/c17-13-3-9(4-13)6-16-14(18)10-1-2-11-7-15-8-12(11)5-10/h1-2,5,9,13,15,17H,3-4,6-8H2,(H,16,18). The first-order chi connectivity index (χ1) is 8.72. The number of nitrogens with one attached hydrogen (secondary N) is 2. The van der Waals surface area contributed by atoms with E-state index in [1.165, 1.54) is 11.1 Å². The number of amides is 1. The van der Waals surface area contributed by atoms with Crippen LogP contribution in [0.25, 0.3) is 0 Å². The van der Waals surface area contributed by atoms with E-state index in [9.17, 15) is 9.90 Å². The highest BCUT2D eigenvalue weighted by Crippen LogP contribution is 2.26. The number of rotatable bonds is 3. The van der Waals surface area contributed by atoms with Crippen LogP contribution >= 0.6 is 0 Å². The maximum atomic E-state index is 12.0. The van der Waals surface area contributed by atoms with Crippen molar-refractivity contribution in [2.75, 3.05) is 6.54 Å². The molecule has 1 aliphatic carbocycles. The molecule has 0 saturated heterocycles. The van der Waals surface area contributed by atoms with Crippen LogP contribution in [0.3, 0.4) is 0 Å². The van der Waals surface area contributed by atoms with E-state index >= 15 is 0 Å². The third kappa shape index (κ3) is 2.26. The molecule has 0 unspecified atom stereocenters. The summed E-state index contributed by atoms with van der Waals surface area (Å²) >= 11 is 0. The van der Waals surface area contributed by atoms with Gasteiger partial charge in [-0.15, -0.1) is 0 Å². The predicted octanol–water partition coefficient (Wildman–Crippen LogP) is 0.790. The van der Waals surface area contributed by atoms with Gasteiger partial charge in [-0.3, -0.25) is 4.79 Å². The third-order valence-electron chi connectivity index (χ3n) is 3.86. The largest absolute Gasteiger partial charge is 0.393 e. The molecule has 1 saturated carbocycles. The monoisotopic (exact) mass is 246 g/mol. The number of fused-ring (bicyclic) bond motifs is 1. The van der Waals surface area contributed by atoms with Crippen LogP contribution in [0.15, 0.2) is 18.2 Å². The van der Waals surface area contributed by atoms with Crippen LogP contribution in [-0.2, 0) is 13.1 Å². The Hall–Kier alpha value is -1.39. The summed E-state index contributed by atoms with van der Waals surface area (Å²) in [7, 11) is 0. The van der Waals surface area contributed by atoms with Crippen molar-refractivity contribution in [3.8, 4) is 0 Å². The van der Waals surface area contributed by atoms with Crippen molar-refractivity contribution in [2.24, 2.45) is 5.92 Å². The van der Waals surface area contributed by atoms with E-state index in [2.05, 4.69) is 10.6 Å². The molecule has 96 valence electrons. The van der Waals surface area contributed by atoms with Gasteiger partial charge in [0.25, 0.3) is 5.91 Å². The van der Waals surface area contributed by atoms with E-state index in [0.29, 0.717) is 12.5 Å². The molecule has 0 atom stereocenters. The molecular weight excluding hydrogens is 228 g/mol. The number of hydrogen-bond acceptors (Lipinski definition) is 3. The van der Waals surface area contributed by atoms with Gasteiger partial charge in [-0.2, -0.15) is 0 Å². The molecule has 3 N–H and O–H groups in total. The smallest absolute Gasteiger partial charge is 0.251 e. The van der Waals surface area contributed by atoms with Crippen LogP contribution < -0.4 is 10.6 Å².